The zero-order valence-electron chi connectivity index (χ0n) is 5.00. The first-order valence-corrected chi connectivity index (χ1v) is 2.95. The molecule has 3 heteroatoms. The van der Waals surface area contributed by atoms with E-state index in [1.54, 1.807) is 12.6 Å². The second-order valence-corrected chi connectivity index (χ2v) is 2.15. The van der Waals surface area contributed by atoms with Crippen LogP contribution in [0.2, 0.25) is 0 Å². The van der Waals surface area contributed by atoms with Crippen molar-refractivity contribution in [3.05, 3.63) is 0 Å². The summed E-state index contributed by atoms with van der Waals surface area (Å²) in [4.78, 5) is 11.0. The molecule has 1 saturated carbocycles. The highest BCUT2D eigenvalue weighted by Gasteiger charge is 2.23. The molecule has 3 nitrogen and oxygen atoms in total. The summed E-state index contributed by atoms with van der Waals surface area (Å²) in [6.45, 7) is 0. The lowest BCUT2D eigenvalue weighted by Crippen LogP contribution is -2.35. The van der Waals surface area contributed by atoms with Crippen molar-refractivity contribution in [3.63, 3.8) is 0 Å². The third-order valence-corrected chi connectivity index (χ3v) is 1.65. The largest absolute Gasteiger partial charge is 0.326 e. The van der Waals surface area contributed by atoms with Gasteiger partial charge in [0.1, 0.15) is 0 Å². The maximum Gasteiger partial charge on any atom is 0.326 e. The molecule has 1 rings (SSSR count). The zero-order chi connectivity index (χ0) is 6.69. The van der Waals surface area contributed by atoms with Gasteiger partial charge in [-0.3, -0.25) is 4.79 Å². The number of rotatable bonds is 2. The van der Waals surface area contributed by atoms with E-state index in [9.17, 15) is 4.79 Å². The maximum atomic E-state index is 9.95. The molecule has 47 valence electrons. The lowest BCUT2D eigenvalue weighted by Gasteiger charge is -2.28. The molecule has 0 spiro atoms. The molecule has 0 aromatic heterocycles. The first kappa shape index (κ1) is 6.09. The van der Waals surface area contributed by atoms with Gasteiger partial charge < -0.3 is 0 Å². The highest BCUT2D eigenvalue weighted by Crippen LogP contribution is 2.22. The van der Waals surface area contributed by atoms with Crippen molar-refractivity contribution in [2.24, 2.45) is 0 Å². The van der Waals surface area contributed by atoms with Crippen LogP contribution < -0.4 is 0 Å². The van der Waals surface area contributed by atoms with E-state index in [2.05, 4.69) is 0 Å². The van der Waals surface area contributed by atoms with E-state index in [1.807, 2.05) is 0 Å². The molecule has 0 aliphatic heterocycles. The Morgan fingerprint density at radius 2 is 2.22 bits per heavy atom. The van der Waals surface area contributed by atoms with Gasteiger partial charge in [-0.25, -0.2) is 4.90 Å². The maximum absolute atomic E-state index is 9.95. The molecular formula is C6H7N2O. The minimum absolute atomic E-state index is 0.160. The fourth-order valence-electron chi connectivity index (χ4n) is 0.821. The van der Waals surface area contributed by atoms with Crippen LogP contribution in [0.5, 0.6) is 0 Å². The Bertz CT molecular complexity index is 146. The van der Waals surface area contributed by atoms with Crippen LogP contribution >= 0.6 is 0 Å². The van der Waals surface area contributed by atoms with E-state index in [4.69, 9.17) is 5.26 Å². The van der Waals surface area contributed by atoms with Crippen LogP contribution in [0.25, 0.3) is 0 Å². The molecule has 1 fully saturated rings. The molecule has 0 aromatic rings. The van der Waals surface area contributed by atoms with E-state index in [1.165, 1.54) is 0 Å². The summed E-state index contributed by atoms with van der Waals surface area (Å²) in [5.74, 6) is 0. The molecular weight excluding hydrogens is 116 g/mol. The van der Waals surface area contributed by atoms with E-state index < -0.39 is 0 Å². The van der Waals surface area contributed by atoms with Crippen molar-refractivity contribution >= 4 is 6.41 Å². The Labute approximate surface area is 53.9 Å². The topological polar surface area (TPSA) is 44.1 Å². The number of hydrogen-bond donors (Lipinski definition) is 0. The lowest BCUT2D eigenvalue weighted by molar-refractivity contribution is 0.260. The molecule has 0 aromatic carbocycles. The van der Waals surface area contributed by atoms with E-state index in [0.717, 1.165) is 24.2 Å². The van der Waals surface area contributed by atoms with Crippen LogP contribution in [-0.2, 0) is 4.79 Å². The molecule has 0 heterocycles. The van der Waals surface area contributed by atoms with Gasteiger partial charge in [0.15, 0.2) is 6.19 Å². The highest BCUT2D eigenvalue weighted by molar-refractivity contribution is 5.51. The molecule has 0 unspecified atom stereocenters. The average molecular weight is 123 g/mol. The minimum Gasteiger partial charge on any atom is -0.262 e. The summed E-state index contributed by atoms with van der Waals surface area (Å²) in [6.07, 6.45) is 6.39. The van der Waals surface area contributed by atoms with Crippen LogP contribution in [0.3, 0.4) is 0 Å². The summed E-state index contributed by atoms with van der Waals surface area (Å²) in [5, 5.41) is 8.27. The third-order valence-electron chi connectivity index (χ3n) is 1.65. The van der Waals surface area contributed by atoms with Gasteiger partial charge in [-0.05, 0) is 19.3 Å². The van der Waals surface area contributed by atoms with Gasteiger partial charge in [0.05, 0.1) is 0 Å². The standard InChI is InChI=1S/C6H7N2O/c7-4-8(5-9)6-2-1-3-6/h6H,1-3H2. The fourth-order valence-corrected chi connectivity index (χ4v) is 0.821. The van der Waals surface area contributed by atoms with Gasteiger partial charge in [-0.2, -0.15) is 5.26 Å². The van der Waals surface area contributed by atoms with E-state index in [0.29, 0.717) is 0 Å². The monoisotopic (exact) mass is 123 g/mol. The molecule has 1 amide bonds. The van der Waals surface area contributed by atoms with Crippen LogP contribution in [0.4, 0.5) is 0 Å². The number of hydrogen-bond acceptors (Lipinski definition) is 2. The molecule has 0 saturated heterocycles. The Morgan fingerprint density at radius 3 is 2.33 bits per heavy atom. The third kappa shape index (κ3) is 1.02. The molecule has 0 N–H and O–H groups in total. The van der Waals surface area contributed by atoms with Gasteiger partial charge in [0.25, 0.3) is 0 Å². The molecule has 9 heavy (non-hydrogen) atoms. The minimum atomic E-state index is 0.160. The lowest BCUT2D eigenvalue weighted by atomic mass is 9.92. The molecule has 1 radical (unpaired) electrons. The number of amides is 1. The number of nitrogens with zero attached hydrogens (tertiary/aromatic N) is 2. The Balaban J connectivity index is 2.38. The summed E-state index contributed by atoms with van der Waals surface area (Å²) in [5.41, 5.74) is 0. The van der Waals surface area contributed by atoms with Crippen LogP contribution in [0.1, 0.15) is 19.3 Å². The SMILES string of the molecule is N#CN([C]=O)C1CCC1. The smallest absolute Gasteiger partial charge is 0.262 e. The van der Waals surface area contributed by atoms with Crippen molar-refractivity contribution in [3.8, 4) is 6.19 Å². The summed E-state index contributed by atoms with van der Waals surface area (Å²) >= 11 is 0. The molecule has 1 aliphatic carbocycles. The van der Waals surface area contributed by atoms with Crippen molar-refractivity contribution < 1.29 is 4.79 Å². The van der Waals surface area contributed by atoms with Crippen molar-refractivity contribution in [1.82, 2.24) is 4.90 Å². The Hall–Kier alpha value is -1.04. The van der Waals surface area contributed by atoms with E-state index in [-0.39, 0.29) is 6.04 Å². The van der Waals surface area contributed by atoms with Crippen LogP contribution in [-0.4, -0.2) is 17.4 Å². The van der Waals surface area contributed by atoms with E-state index >= 15 is 0 Å². The van der Waals surface area contributed by atoms with Crippen LogP contribution in [0.15, 0.2) is 0 Å². The van der Waals surface area contributed by atoms with Crippen molar-refractivity contribution in [2.45, 2.75) is 25.3 Å². The van der Waals surface area contributed by atoms with Crippen molar-refractivity contribution in [2.75, 3.05) is 0 Å². The Kier molecular flexibility index (Phi) is 1.69. The first-order chi connectivity index (χ1) is 4.38. The molecule has 1 aliphatic rings. The normalized spacial score (nSPS) is 17.7. The quantitative estimate of drug-likeness (QED) is 0.394. The van der Waals surface area contributed by atoms with Gasteiger partial charge in [0, 0.05) is 6.04 Å². The molecule has 0 bridgehead atoms. The van der Waals surface area contributed by atoms with Gasteiger partial charge in [0.2, 0.25) is 0 Å². The van der Waals surface area contributed by atoms with Gasteiger partial charge in [-0.1, -0.05) is 0 Å². The highest BCUT2D eigenvalue weighted by atomic mass is 16.1. The predicted molar refractivity (Wildman–Crippen MR) is 30.8 cm³/mol. The average Bonchev–Trinajstić information content (AvgIpc) is 1.78. The fraction of sp³-hybridized carbons (Fsp3) is 0.667. The van der Waals surface area contributed by atoms with Crippen LogP contribution in [0, 0.1) is 11.5 Å². The van der Waals surface area contributed by atoms with Gasteiger partial charge >= 0.3 is 6.41 Å². The number of carbonyl (C=O) groups excluding carboxylic acids is 1. The summed E-state index contributed by atoms with van der Waals surface area (Å²) in [7, 11) is 0. The summed E-state index contributed by atoms with van der Waals surface area (Å²) < 4.78 is 0. The van der Waals surface area contributed by atoms with Gasteiger partial charge in [-0.15, -0.1) is 0 Å². The predicted octanol–water partition coefficient (Wildman–Crippen LogP) is 0.389. The first-order valence-electron chi connectivity index (χ1n) is 2.95. The Morgan fingerprint density at radius 1 is 1.56 bits per heavy atom. The second-order valence-electron chi connectivity index (χ2n) is 2.15. The molecule has 0 atom stereocenters. The number of nitriles is 1. The second kappa shape index (κ2) is 2.49. The van der Waals surface area contributed by atoms with Crippen molar-refractivity contribution in [1.29, 1.82) is 5.26 Å². The summed E-state index contributed by atoms with van der Waals surface area (Å²) in [6, 6.07) is 0.160. The zero-order valence-corrected chi connectivity index (χ0v) is 5.00.